The molecule has 3 N–H and O–H groups in total. The Kier molecular flexibility index (Phi) is 4.30. The van der Waals surface area contributed by atoms with Crippen molar-refractivity contribution >= 4 is 0 Å². The summed E-state index contributed by atoms with van der Waals surface area (Å²) in [5.41, 5.74) is 6.98. The van der Waals surface area contributed by atoms with E-state index >= 15 is 0 Å². The van der Waals surface area contributed by atoms with Crippen LogP contribution in [0.25, 0.3) is 0 Å². The van der Waals surface area contributed by atoms with Crippen LogP contribution in [0.2, 0.25) is 0 Å². The van der Waals surface area contributed by atoms with Gasteiger partial charge >= 0.3 is 0 Å². The molecule has 0 saturated carbocycles. The fourth-order valence-electron chi connectivity index (χ4n) is 2.14. The first-order chi connectivity index (χ1) is 9.11. The van der Waals surface area contributed by atoms with E-state index in [1.54, 1.807) is 12.1 Å². The Morgan fingerprint density at radius 3 is 2.47 bits per heavy atom. The van der Waals surface area contributed by atoms with Gasteiger partial charge in [-0.1, -0.05) is 36.4 Å². The van der Waals surface area contributed by atoms with Crippen molar-refractivity contribution in [2.45, 2.75) is 26.3 Å². The van der Waals surface area contributed by atoms with Gasteiger partial charge in [-0.25, -0.2) is 4.39 Å². The predicted molar refractivity (Wildman–Crippen MR) is 76.1 cm³/mol. The van der Waals surface area contributed by atoms with Crippen LogP contribution in [-0.2, 0) is 6.42 Å². The van der Waals surface area contributed by atoms with Gasteiger partial charge in [-0.3, -0.25) is 11.3 Å². The zero-order valence-corrected chi connectivity index (χ0v) is 11.3. The minimum absolute atomic E-state index is 0.0869. The quantitative estimate of drug-likeness (QED) is 0.653. The highest BCUT2D eigenvalue weighted by Crippen LogP contribution is 2.21. The summed E-state index contributed by atoms with van der Waals surface area (Å²) in [6.07, 6.45) is 0.533. The van der Waals surface area contributed by atoms with Gasteiger partial charge < -0.3 is 0 Å². The van der Waals surface area contributed by atoms with Gasteiger partial charge in [-0.2, -0.15) is 0 Å². The molecule has 1 unspecified atom stereocenters. The molecule has 19 heavy (non-hydrogen) atoms. The molecular formula is C16H19FN2. The molecule has 2 aromatic rings. The number of hydrazine groups is 1. The van der Waals surface area contributed by atoms with Gasteiger partial charge in [0, 0.05) is 0 Å². The fraction of sp³-hybridized carbons (Fsp3) is 0.250. The molecule has 0 heterocycles. The fourth-order valence-corrected chi connectivity index (χ4v) is 2.14. The van der Waals surface area contributed by atoms with Crippen LogP contribution in [0.1, 0.15) is 28.3 Å². The highest BCUT2D eigenvalue weighted by Gasteiger charge is 2.13. The highest BCUT2D eigenvalue weighted by atomic mass is 19.1. The van der Waals surface area contributed by atoms with Crippen molar-refractivity contribution < 1.29 is 4.39 Å². The van der Waals surface area contributed by atoms with Crippen LogP contribution >= 0.6 is 0 Å². The van der Waals surface area contributed by atoms with Crippen molar-refractivity contribution in [3.8, 4) is 0 Å². The Bertz CT molecular complexity index is 566. The molecule has 2 nitrogen and oxygen atoms in total. The summed E-state index contributed by atoms with van der Waals surface area (Å²) >= 11 is 0. The molecule has 2 rings (SSSR count). The largest absolute Gasteiger partial charge is 0.271 e. The standard InChI is InChI=1S/C16H19FN2/c1-11-7-8-14(9-12(11)2)16(19-18)10-13-5-3-4-6-15(13)17/h3-9,16,19H,10,18H2,1-2H3. The molecule has 3 heteroatoms. The highest BCUT2D eigenvalue weighted by molar-refractivity contribution is 5.33. The molecule has 2 aromatic carbocycles. The maximum absolute atomic E-state index is 13.7. The second kappa shape index (κ2) is 5.95. The maximum Gasteiger partial charge on any atom is 0.126 e. The summed E-state index contributed by atoms with van der Waals surface area (Å²) in [6.45, 7) is 4.14. The predicted octanol–water partition coefficient (Wildman–Crippen LogP) is 3.19. The molecule has 0 bridgehead atoms. The van der Waals surface area contributed by atoms with Crippen molar-refractivity contribution in [3.05, 3.63) is 70.5 Å². The first-order valence-corrected chi connectivity index (χ1v) is 6.38. The molecule has 0 fully saturated rings. The van der Waals surface area contributed by atoms with E-state index in [-0.39, 0.29) is 11.9 Å². The molecule has 0 radical (unpaired) electrons. The molecule has 0 aliphatic carbocycles. The molecule has 100 valence electrons. The lowest BCUT2D eigenvalue weighted by atomic mass is 9.96. The van der Waals surface area contributed by atoms with E-state index < -0.39 is 0 Å². The lowest BCUT2D eigenvalue weighted by Gasteiger charge is -2.18. The first-order valence-electron chi connectivity index (χ1n) is 6.38. The van der Waals surface area contributed by atoms with Crippen molar-refractivity contribution in [1.29, 1.82) is 0 Å². The Hall–Kier alpha value is -1.71. The summed E-state index contributed by atoms with van der Waals surface area (Å²) in [6, 6.07) is 12.9. The Morgan fingerprint density at radius 2 is 1.84 bits per heavy atom. The summed E-state index contributed by atoms with van der Waals surface area (Å²) in [4.78, 5) is 0. The third-order valence-corrected chi connectivity index (χ3v) is 3.52. The van der Waals surface area contributed by atoms with Crippen LogP contribution in [-0.4, -0.2) is 0 Å². The van der Waals surface area contributed by atoms with Crippen molar-refractivity contribution in [3.63, 3.8) is 0 Å². The van der Waals surface area contributed by atoms with Gasteiger partial charge in [0.1, 0.15) is 5.82 Å². The number of nitrogens with one attached hydrogen (secondary N) is 1. The van der Waals surface area contributed by atoms with Crippen molar-refractivity contribution in [2.75, 3.05) is 0 Å². The number of rotatable bonds is 4. The number of hydrogen-bond acceptors (Lipinski definition) is 2. The normalized spacial score (nSPS) is 12.4. The first kappa shape index (κ1) is 13.7. The van der Waals surface area contributed by atoms with Crippen molar-refractivity contribution in [1.82, 2.24) is 5.43 Å². The second-order valence-electron chi connectivity index (χ2n) is 4.86. The van der Waals surface area contributed by atoms with Gasteiger partial charge in [0.25, 0.3) is 0 Å². The molecule has 0 spiro atoms. The smallest absolute Gasteiger partial charge is 0.126 e. The summed E-state index contributed by atoms with van der Waals surface area (Å²) < 4.78 is 13.7. The molecular weight excluding hydrogens is 239 g/mol. The molecule has 0 saturated heterocycles. The minimum atomic E-state index is -0.188. The third-order valence-electron chi connectivity index (χ3n) is 3.52. The van der Waals surface area contributed by atoms with Crippen LogP contribution in [0, 0.1) is 19.7 Å². The molecule has 0 aliphatic rings. The second-order valence-corrected chi connectivity index (χ2v) is 4.86. The maximum atomic E-state index is 13.7. The summed E-state index contributed by atoms with van der Waals surface area (Å²) in [5, 5.41) is 0. The Morgan fingerprint density at radius 1 is 1.11 bits per heavy atom. The number of halogens is 1. The van der Waals surface area contributed by atoms with Crippen LogP contribution in [0.5, 0.6) is 0 Å². The van der Waals surface area contributed by atoms with E-state index in [0.29, 0.717) is 12.0 Å². The van der Waals surface area contributed by atoms with Gasteiger partial charge in [-0.15, -0.1) is 0 Å². The van der Waals surface area contributed by atoms with E-state index in [2.05, 4.69) is 31.4 Å². The number of hydrogen-bond donors (Lipinski definition) is 2. The van der Waals surface area contributed by atoms with E-state index in [0.717, 1.165) is 5.56 Å². The average molecular weight is 258 g/mol. The van der Waals surface area contributed by atoms with Crippen LogP contribution in [0.4, 0.5) is 4.39 Å². The Labute approximate surface area is 113 Å². The SMILES string of the molecule is Cc1ccc(C(Cc2ccccc2F)NN)cc1C. The summed E-state index contributed by atoms with van der Waals surface area (Å²) in [5.74, 6) is 5.43. The number of aryl methyl sites for hydroxylation is 2. The summed E-state index contributed by atoms with van der Waals surface area (Å²) in [7, 11) is 0. The van der Waals surface area contributed by atoms with Crippen LogP contribution < -0.4 is 11.3 Å². The van der Waals surface area contributed by atoms with E-state index in [1.165, 1.54) is 17.2 Å². The van der Waals surface area contributed by atoms with Crippen molar-refractivity contribution in [2.24, 2.45) is 5.84 Å². The Balaban J connectivity index is 2.25. The van der Waals surface area contributed by atoms with Gasteiger partial charge in [0.05, 0.1) is 6.04 Å². The monoisotopic (exact) mass is 258 g/mol. The molecule has 0 aliphatic heterocycles. The zero-order chi connectivity index (χ0) is 13.8. The number of benzene rings is 2. The van der Waals surface area contributed by atoms with E-state index in [1.807, 2.05) is 12.1 Å². The van der Waals surface area contributed by atoms with E-state index in [9.17, 15) is 4.39 Å². The average Bonchev–Trinajstić information content (AvgIpc) is 2.41. The lowest BCUT2D eigenvalue weighted by molar-refractivity contribution is 0.529. The van der Waals surface area contributed by atoms with Crippen LogP contribution in [0.3, 0.4) is 0 Å². The lowest BCUT2D eigenvalue weighted by Crippen LogP contribution is -2.29. The molecule has 0 amide bonds. The zero-order valence-electron chi connectivity index (χ0n) is 11.3. The molecule has 0 aromatic heterocycles. The molecule has 1 atom stereocenters. The van der Waals surface area contributed by atoms with Gasteiger partial charge in [0.2, 0.25) is 0 Å². The van der Waals surface area contributed by atoms with E-state index in [4.69, 9.17) is 5.84 Å². The van der Waals surface area contributed by atoms with Gasteiger partial charge in [0.15, 0.2) is 0 Å². The number of nitrogens with two attached hydrogens (primary N) is 1. The minimum Gasteiger partial charge on any atom is -0.271 e. The topological polar surface area (TPSA) is 38.0 Å². The van der Waals surface area contributed by atoms with Gasteiger partial charge in [-0.05, 0) is 48.6 Å². The third kappa shape index (κ3) is 3.19. The van der Waals surface area contributed by atoms with Crippen LogP contribution in [0.15, 0.2) is 42.5 Å².